The van der Waals surface area contributed by atoms with Crippen molar-refractivity contribution in [2.24, 2.45) is 0 Å². The second-order valence-corrected chi connectivity index (χ2v) is 15.8. The fourth-order valence-corrected chi connectivity index (χ4v) is 7.11. The van der Waals surface area contributed by atoms with Crippen LogP contribution in [0.25, 0.3) is 0 Å². The molecule has 0 heterocycles. The number of rotatable bonds is 41. The molecule has 0 radical (unpaired) electrons. The molecule has 6 heteroatoms. The number of carbonyl (C=O) groups is 1. The molecule has 0 aliphatic rings. The Kier molecular flexibility index (Phi) is 39.5. The van der Waals surface area contributed by atoms with E-state index in [9.17, 15) is 25.2 Å². The van der Waals surface area contributed by atoms with Crippen LogP contribution in [-0.4, -0.2) is 57.3 Å². The SMILES string of the molecule is CCCCCCCCCCCCCCC/C=C/CCCC(O)C(O)C(CO)NC(=O)C(O)CCCCCCCCCCCCCCCCCCC. The number of carbonyl (C=O) groups excluding carboxylic acids is 1. The van der Waals surface area contributed by atoms with Crippen molar-refractivity contribution in [3.63, 3.8) is 0 Å². The zero-order chi connectivity index (χ0) is 37.5. The van der Waals surface area contributed by atoms with Gasteiger partial charge in [0.2, 0.25) is 5.91 Å². The number of aliphatic hydroxyl groups excluding tert-OH is 4. The summed E-state index contributed by atoms with van der Waals surface area (Å²) in [5.41, 5.74) is 0. The smallest absolute Gasteiger partial charge is 0.249 e. The lowest BCUT2D eigenvalue weighted by atomic mass is 10.00. The molecule has 5 N–H and O–H groups in total. The van der Waals surface area contributed by atoms with Crippen molar-refractivity contribution < 1.29 is 25.2 Å². The van der Waals surface area contributed by atoms with Gasteiger partial charge in [-0.15, -0.1) is 0 Å². The minimum absolute atomic E-state index is 0.368. The molecule has 4 atom stereocenters. The first kappa shape index (κ1) is 50.1. The van der Waals surface area contributed by atoms with Gasteiger partial charge in [0.1, 0.15) is 12.2 Å². The summed E-state index contributed by atoms with van der Waals surface area (Å²) in [6.07, 6.45) is 43.9. The lowest BCUT2D eigenvalue weighted by molar-refractivity contribution is -0.132. The van der Waals surface area contributed by atoms with Crippen molar-refractivity contribution >= 4 is 5.91 Å². The lowest BCUT2D eigenvalue weighted by Crippen LogP contribution is -2.53. The highest BCUT2D eigenvalue weighted by molar-refractivity contribution is 5.80. The molecule has 0 saturated heterocycles. The van der Waals surface area contributed by atoms with E-state index in [4.69, 9.17) is 0 Å². The van der Waals surface area contributed by atoms with Gasteiger partial charge >= 0.3 is 0 Å². The number of allylic oxidation sites excluding steroid dienone is 2. The van der Waals surface area contributed by atoms with Gasteiger partial charge in [0.15, 0.2) is 0 Å². The van der Waals surface area contributed by atoms with Crippen molar-refractivity contribution in [2.75, 3.05) is 6.61 Å². The summed E-state index contributed by atoms with van der Waals surface area (Å²) >= 11 is 0. The van der Waals surface area contributed by atoms with Crippen LogP contribution in [0.2, 0.25) is 0 Å². The number of amides is 1. The molecule has 0 rings (SSSR count). The van der Waals surface area contributed by atoms with Gasteiger partial charge in [-0.05, 0) is 38.5 Å². The number of aliphatic hydroxyl groups is 4. The van der Waals surface area contributed by atoms with Crippen LogP contribution in [0.4, 0.5) is 0 Å². The van der Waals surface area contributed by atoms with E-state index in [1.807, 2.05) is 0 Å². The van der Waals surface area contributed by atoms with Gasteiger partial charge in [-0.1, -0.05) is 212 Å². The number of nitrogens with one attached hydrogen (secondary N) is 1. The minimum atomic E-state index is -1.28. The topological polar surface area (TPSA) is 110 Å². The lowest BCUT2D eigenvalue weighted by Gasteiger charge is -2.27. The maximum atomic E-state index is 12.5. The third-order valence-electron chi connectivity index (χ3n) is 10.7. The zero-order valence-electron chi connectivity index (χ0n) is 34.1. The maximum Gasteiger partial charge on any atom is 0.249 e. The van der Waals surface area contributed by atoms with E-state index in [-0.39, 0.29) is 0 Å². The van der Waals surface area contributed by atoms with Gasteiger partial charge in [0.05, 0.1) is 18.8 Å². The van der Waals surface area contributed by atoms with Crippen LogP contribution in [0, 0.1) is 0 Å². The average Bonchev–Trinajstić information content (AvgIpc) is 3.13. The van der Waals surface area contributed by atoms with E-state index in [1.165, 1.54) is 173 Å². The van der Waals surface area contributed by atoms with E-state index in [1.54, 1.807) is 0 Å². The summed E-state index contributed by atoms with van der Waals surface area (Å²) < 4.78 is 0. The van der Waals surface area contributed by atoms with Crippen LogP contribution in [0.15, 0.2) is 12.2 Å². The largest absolute Gasteiger partial charge is 0.394 e. The summed E-state index contributed by atoms with van der Waals surface area (Å²) in [5.74, 6) is -0.590. The summed E-state index contributed by atoms with van der Waals surface area (Å²) in [6, 6.07) is -0.996. The van der Waals surface area contributed by atoms with Crippen molar-refractivity contribution in [3.05, 3.63) is 12.2 Å². The molecule has 0 aliphatic heterocycles. The second kappa shape index (κ2) is 40.2. The monoisotopic (exact) mass is 724 g/mol. The highest BCUT2D eigenvalue weighted by atomic mass is 16.3. The zero-order valence-corrected chi connectivity index (χ0v) is 34.1. The van der Waals surface area contributed by atoms with Crippen LogP contribution in [0.1, 0.15) is 239 Å². The molecule has 0 aromatic carbocycles. The van der Waals surface area contributed by atoms with E-state index in [0.717, 1.165) is 38.5 Å². The van der Waals surface area contributed by atoms with Gasteiger partial charge in [0, 0.05) is 0 Å². The molecule has 6 nitrogen and oxygen atoms in total. The highest BCUT2D eigenvalue weighted by Crippen LogP contribution is 2.16. The van der Waals surface area contributed by atoms with Crippen LogP contribution in [0.3, 0.4) is 0 Å². The number of hydrogen-bond acceptors (Lipinski definition) is 5. The van der Waals surface area contributed by atoms with E-state index >= 15 is 0 Å². The summed E-state index contributed by atoms with van der Waals surface area (Å²) in [4.78, 5) is 12.5. The van der Waals surface area contributed by atoms with Crippen LogP contribution in [-0.2, 0) is 4.79 Å². The molecular formula is C45H89NO5. The van der Waals surface area contributed by atoms with Crippen molar-refractivity contribution in [1.82, 2.24) is 5.32 Å². The molecule has 51 heavy (non-hydrogen) atoms. The Bertz CT molecular complexity index is 731. The molecule has 0 spiro atoms. The molecule has 0 fully saturated rings. The minimum Gasteiger partial charge on any atom is -0.394 e. The van der Waals surface area contributed by atoms with Crippen molar-refractivity contribution in [1.29, 1.82) is 0 Å². The number of hydrogen-bond donors (Lipinski definition) is 5. The first-order valence-electron chi connectivity index (χ1n) is 22.6. The quantitative estimate of drug-likeness (QED) is 0.0319. The first-order chi connectivity index (χ1) is 25.0. The Hall–Kier alpha value is -0.950. The fraction of sp³-hybridized carbons (Fsp3) is 0.933. The third-order valence-corrected chi connectivity index (χ3v) is 10.7. The maximum absolute atomic E-state index is 12.5. The third kappa shape index (κ3) is 34.6. The Morgan fingerprint density at radius 3 is 1.18 bits per heavy atom. The van der Waals surface area contributed by atoms with E-state index in [2.05, 4.69) is 31.3 Å². The van der Waals surface area contributed by atoms with Gasteiger partial charge in [-0.2, -0.15) is 0 Å². The Morgan fingerprint density at radius 1 is 0.471 bits per heavy atom. The molecule has 0 aromatic rings. The molecule has 1 amide bonds. The standard InChI is InChI=1S/C45H89NO5/c1-3-5-7-9-11-13-15-17-19-21-23-24-26-28-30-32-34-36-38-42(48)44(50)41(40-47)46-45(51)43(49)39-37-35-33-31-29-27-25-22-20-18-16-14-12-10-8-6-4-2/h30,32,41-44,47-50H,3-29,31,33-40H2,1-2H3,(H,46,51)/b32-30+. The molecular weight excluding hydrogens is 634 g/mol. The van der Waals surface area contributed by atoms with Gasteiger partial charge < -0.3 is 25.7 Å². The Labute approximate surface area is 317 Å². The van der Waals surface area contributed by atoms with Gasteiger partial charge in [-0.3, -0.25) is 4.79 Å². The van der Waals surface area contributed by atoms with Crippen LogP contribution < -0.4 is 5.32 Å². The summed E-state index contributed by atoms with van der Waals surface area (Å²) in [5, 5.41) is 43.7. The van der Waals surface area contributed by atoms with E-state index < -0.39 is 36.9 Å². The highest BCUT2D eigenvalue weighted by Gasteiger charge is 2.28. The van der Waals surface area contributed by atoms with Gasteiger partial charge in [-0.25, -0.2) is 0 Å². The summed E-state index contributed by atoms with van der Waals surface area (Å²) in [6.45, 7) is 4.05. The van der Waals surface area contributed by atoms with Crippen LogP contribution in [0.5, 0.6) is 0 Å². The molecule has 4 unspecified atom stereocenters. The number of unbranched alkanes of at least 4 members (excludes halogenated alkanes) is 30. The fourth-order valence-electron chi connectivity index (χ4n) is 7.11. The predicted octanol–water partition coefficient (Wildman–Crippen LogP) is 11.8. The Morgan fingerprint density at radius 2 is 0.804 bits per heavy atom. The molecule has 0 saturated carbocycles. The molecule has 0 aromatic heterocycles. The van der Waals surface area contributed by atoms with E-state index in [0.29, 0.717) is 12.8 Å². The summed E-state index contributed by atoms with van der Waals surface area (Å²) in [7, 11) is 0. The molecule has 304 valence electrons. The van der Waals surface area contributed by atoms with Crippen LogP contribution >= 0.6 is 0 Å². The normalized spacial score (nSPS) is 14.2. The second-order valence-electron chi connectivity index (χ2n) is 15.8. The molecule has 0 bridgehead atoms. The average molecular weight is 724 g/mol. The predicted molar refractivity (Wildman–Crippen MR) is 219 cm³/mol. The first-order valence-corrected chi connectivity index (χ1v) is 22.6. The van der Waals surface area contributed by atoms with Crippen molar-refractivity contribution in [3.8, 4) is 0 Å². The Balaban J connectivity index is 3.74. The molecule has 0 aliphatic carbocycles. The van der Waals surface area contributed by atoms with Gasteiger partial charge in [0.25, 0.3) is 0 Å². The van der Waals surface area contributed by atoms with Crippen molar-refractivity contribution in [2.45, 2.75) is 263 Å².